The molecule has 1 aliphatic carbocycles. The van der Waals surface area contributed by atoms with Gasteiger partial charge in [0.1, 0.15) is 0 Å². The number of hydrogen-bond acceptors (Lipinski definition) is 3. The molecule has 1 saturated heterocycles. The van der Waals surface area contributed by atoms with Gasteiger partial charge in [-0.25, -0.2) is 0 Å². The first-order valence-electron chi connectivity index (χ1n) is 7.36. The highest BCUT2D eigenvalue weighted by atomic mass is 35.5. The number of hydrogen-bond donors (Lipinski definition) is 1. The molecule has 3 rings (SSSR count). The largest absolute Gasteiger partial charge is 0.317 e. The molecule has 2 aliphatic rings. The van der Waals surface area contributed by atoms with Gasteiger partial charge in [0, 0.05) is 30.4 Å². The van der Waals surface area contributed by atoms with Crippen molar-refractivity contribution in [3.05, 3.63) is 29.0 Å². The van der Waals surface area contributed by atoms with Crippen molar-refractivity contribution in [2.45, 2.75) is 38.3 Å². The van der Waals surface area contributed by atoms with Crippen LogP contribution in [0, 0.1) is 5.92 Å². The first-order chi connectivity index (χ1) is 9.31. The molecule has 1 saturated carbocycles. The molecule has 1 aliphatic heterocycles. The molecule has 1 N–H and O–H groups in total. The van der Waals surface area contributed by atoms with Crippen LogP contribution in [-0.4, -0.2) is 35.6 Å². The Labute approximate surface area is 120 Å². The summed E-state index contributed by atoms with van der Waals surface area (Å²) in [6, 6.07) is 4.63. The molecule has 2 fully saturated rings. The van der Waals surface area contributed by atoms with Crippen LogP contribution in [0.3, 0.4) is 0 Å². The second-order valence-electron chi connectivity index (χ2n) is 5.82. The summed E-state index contributed by atoms with van der Waals surface area (Å²) in [5.74, 6) is 0.848. The highest BCUT2D eigenvalue weighted by Gasteiger charge is 2.31. The zero-order chi connectivity index (χ0) is 13.1. The quantitative estimate of drug-likeness (QED) is 0.898. The minimum absolute atomic E-state index is 0.788. The molecule has 4 heteroatoms. The lowest BCUT2D eigenvalue weighted by Gasteiger charge is -2.30. The Bertz CT molecular complexity index is 414. The number of aromatic nitrogens is 1. The summed E-state index contributed by atoms with van der Waals surface area (Å²) in [7, 11) is 0. The van der Waals surface area contributed by atoms with Crippen LogP contribution >= 0.6 is 11.6 Å². The Morgan fingerprint density at radius 3 is 2.74 bits per heavy atom. The van der Waals surface area contributed by atoms with Gasteiger partial charge in [-0.1, -0.05) is 11.6 Å². The van der Waals surface area contributed by atoms with E-state index in [-0.39, 0.29) is 0 Å². The maximum Gasteiger partial charge on any atom is 0.0558 e. The average molecular weight is 280 g/mol. The number of nitrogens with one attached hydrogen (secondary N) is 1. The van der Waals surface area contributed by atoms with Crippen molar-refractivity contribution < 1.29 is 0 Å². The lowest BCUT2D eigenvalue weighted by atomic mass is 9.97. The van der Waals surface area contributed by atoms with Crippen molar-refractivity contribution in [3.63, 3.8) is 0 Å². The van der Waals surface area contributed by atoms with E-state index in [1.165, 1.54) is 45.3 Å². The van der Waals surface area contributed by atoms with Crippen LogP contribution in [0.25, 0.3) is 0 Å². The molecule has 0 atom stereocenters. The summed E-state index contributed by atoms with van der Waals surface area (Å²) in [6.45, 7) is 4.53. The molecule has 0 unspecified atom stereocenters. The van der Waals surface area contributed by atoms with E-state index in [0.29, 0.717) is 0 Å². The van der Waals surface area contributed by atoms with Crippen molar-refractivity contribution >= 4 is 11.6 Å². The molecule has 1 aromatic rings. The minimum Gasteiger partial charge on any atom is -0.317 e. The molecular weight excluding hydrogens is 258 g/mol. The number of piperidine rings is 1. The monoisotopic (exact) mass is 279 g/mol. The van der Waals surface area contributed by atoms with E-state index in [1.54, 1.807) is 0 Å². The van der Waals surface area contributed by atoms with Crippen LogP contribution in [-0.2, 0) is 6.54 Å². The predicted octanol–water partition coefficient (Wildman–Crippen LogP) is 2.70. The van der Waals surface area contributed by atoms with E-state index in [1.807, 2.05) is 18.3 Å². The Kier molecular flexibility index (Phi) is 4.36. The molecule has 0 radical (unpaired) electrons. The van der Waals surface area contributed by atoms with Gasteiger partial charge in [-0.05, 0) is 56.8 Å². The van der Waals surface area contributed by atoms with Gasteiger partial charge in [0.2, 0.25) is 0 Å². The summed E-state index contributed by atoms with van der Waals surface area (Å²) in [6.07, 6.45) is 7.14. The zero-order valence-electron chi connectivity index (χ0n) is 11.3. The topological polar surface area (TPSA) is 28.2 Å². The summed E-state index contributed by atoms with van der Waals surface area (Å²) >= 11 is 6.05. The number of pyridine rings is 1. The summed E-state index contributed by atoms with van der Waals surface area (Å²) in [5, 5.41) is 4.24. The molecule has 2 heterocycles. The van der Waals surface area contributed by atoms with Gasteiger partial charge >= 0.3 is 0 Å². The van der Waals surface area contributed by atoms with Gasteiger partial charge in [-0.3, -0.25) is 9.88 Å². The van der Waals surface area contributed by atoms with Crippen LogP contribution in [0.15, 0.2) is 18.3 Å². The molecule has 0 amide bonds. The summed E-state index contributed by atoms with van der Waals surface area (Å²) < 4.78 is 0. The third kappa shape index (κ3) is 3.91. The molecule has 0 spiro atoms. The maximum atomic E-state index is 6.05. The third-order valence-electron chi connectivity index (χ3n) is 4.16. The molecule has 3 nitrogen and oxygen atoms in total. The van der Waals surface area contributed by atoms with Crippen LogP contribution in [0.2, 0.25) is 5.02 Å². The smallest absolute Gasteiger partial charge is 0.0558 e. The summed E-state index contributed by atoms with van der Waals surface area (Å²) in [4.78, 5) is 7.06. The van der Waals surface area contributed by atoms with Gasteiger partial charge in [-0.15, -0.1) is 0 Å². The van der Waals surface area contributed by atoms with Crippen LogP contribution < -0.4 is 5.32 Å². The third-order valence-corrected chi connectivity index (χ3v) is 4.39. The predicted molar refractivity (Wildman–Crippen MR) is 78.3 cm³/mol. The summed E-state index contributed by atoms with van der Waals surface area (Å²) in [5.41, 5.74) is 1.10. The van der Waals surface area contributed by atoms with E-state index in [0.717, 1.165) is 29.2 Å². The lowest BCUT2D eigenvalue weighted by Crippen LogP contribution is -2.37. The molecule has 1 aromatic heterocycles. The second-order valence-corrected chi connectivity index (χ2v) is 6.26. The number of halogens is 1. The van der Waals surface area contributed by atoms with Gasteiger partial charge in [0.05, 0.1) is 5.69 Å². The average Bonchev–Trinajstić information content (AvgIpc) is 3.23. The Morgan fingerprint density at radius 1 is 1.26 bits per heavy atom. The van der Waals surface area contributed by atoms with Crippen LogP contribution in [0.1, 0.15) is 31.4 Å². The number of nitrogens with zero attached hydrogens (tertiary/aromatic N) is 2. The first-order valence-corrected chi connectivity index (χ1v) is 7.74. The Hall–Kier alpha value is -0.640. The van der Waals surface area contributed by atoms with Crippen LogP contribution in [0.4, 0.5) is 0 Å². The van der Waals surface area contributed by atoms with E-state index in [9.17, 15) is 0 Å². The highest BCUT2D eigenvalue weighted by molar-refractivity contribution is 6.30. The van der Waals surface area contributed by atoms with Gasteiger partial charge in [0.15, 0.2) is 0 Å². The van der Waals surface area contributed by atoms with Crippen LogP contribution in [0.5, 0.6) is 0 Å². The normalized spacial score (nSPS) is 20.9. The standard InChI is InChI=1S/C15H22ClN3/c16-13-5-8-18-14(9-13)11-19(15-1-2-15)10-12-3-6-17-7-4-12/h5,8-9,12,15,17H,1-4,6-7,10-11H2. The Morgan fingerprint density at radius 2 is 2.05 bits per heavy atom. The fraction of sp³-hybridized carbons (Fsp3) is 0.667. The fourth-order valence-electron chi connectivity index (χ4n) is 2.92. The van der Waals surface area contributed by atoms with Crippen molar-refractivity contribution in [2.75, 3.05) is 19.6 Å². The number of rotatable bonds is 5. The van der Waals surface area contributed by atoms with Gasteiger partial charge in [-0.2, -0.15) is 0 Å². The van der Waals surface area contributed by atoms with E-state index < -0.39 is 0 Å². The molecule has 19 heavy (non-hydrogen) atoms. The molecule has 0 aromatic carbocycles. The van der Waals surface area contributed by atoms with Crippen molar-refractivity contribution in [1.29, 1.82) is 0 Å². The van der Waals surface area contributed by atoms with E-state index in [2.05, 4.69) is 15.2 Å². The minimum atomic E-state index is 0.788. The molecule has 0 bridgehead atoms. The van der Waals surface area contributed by atoms with E-state index in [4.69, 9.17) is 11.6 Å². The lowest BCUT2D eigenvalue weighted by molar-refractivity contribution is 0.188. The first kappa shape index (κ1) is 13.3. The Balaban J connectivity index is 1.60. The highest BCUT2D eigenvalue weighted by Crippen LogP contribution is 2.30. The fourth-order valence-corrected chi connectivity index (χ4v) is 3.10. The van der Waals surface area contributed by atoms with Crippen molar-refractivity contribution in [3.8, 4) is 0 Å². The van der Waals surface area contributed by atoms with Crippen molar-refractivity contribution in [2.24, 2.45) is 5.92 Å². The van der Waals surface area contributed by atoms with Crippen molar-refractivity contribution in [1.82, 2.24) is 15.2 Å². The maximum absolute atomic E-state index is 6.05. The SMILES string of the molecule is Clc1ccnc(CN(CC2CCNCC2)C2CC2)c1. The van der Waals surface area contributed by atoms with Gasteiger partial charge in [0.25, 0.3) is 0 Å². The zero-order valence-corrected chi connectivity index (χ0v) is 12.1. The molecule has 104 valence electrons. The second kappa shape index (κ2) is 6.21. The molecular formula is C15H22ClN3. The van der Waals surface area contributed by atoms with E-state index >= 15 is 0 Å². The van der Waals surface area contributed by atoms with Gasteiger partial charge < -0.3 is 5.32 Å².